The molecule has 0 spiro atoms. The zero-order valence-electron chi connectivity index (χ0n) is 19.3. The molecule has 0 aliphatic rings. The molecule has 34 heavy (non-hydrogen) atoms. The van der Waals surface area contributed by atoms with E-state index in [1.807, 2.05) is 24.5 Å². The number of hydrogen-bond donors (Lipinski definition) is 2. The summed E-state index contributed by atoms with van der Waals surface area (Å²) in [5.41, 5.74) is 1.92. The van der Waals surface area contributed by atoms with Crippen LogP contribution >= 0.6 is 11.3 Å². The number of halogens is 1. The van der Waals surface area contributed by atoms with Crippen LogP contribution in [0.2, 0.25) is 0 Å². The van der Waals surface area contributed by atoms with Crippen molar-refractivity contribution in [2.45, 2.75) is 26.8 Å². The van der Waals surface area contributed by atoms with Crippen LogP contribution in [0, 0.1) is 12.7 Å². The van der Waals surface area contributed by atoms with Crippen LogP contribution in [0.4, 0.5) is 10.2 Å². The first-order chi connectivity index (χ1) is 16.3. The highest BCUT2D eigenvalue weighted by Gasteiger charge is 2.22. The van der Waals surface area contributed by atoms with Gasteiger partial charge in [0.15, 0.2) is 4.88 Å². The van der Waals surface area contributed by atoms with Crippen molar-refractivity contribution < 1.29 is 23.8 Å². The number of nitrogens with zero attached hydrogens (tertiary/aromatic N) is 3. The van der Waals surface area contributed by atoms with Gasteiger partial charge in [-0.25, -0.2) is 19.2 Å². The number of hydrogen-bond acceptors (Lipinski definition) is 7. The highest BCUT2D eigenvalue weighted by molar-refractivity contribution is 7.17. The van der Waals surface area contributed by atoms with Crippen LogP contribution in [0.15, 0.2) is 36.7 Å². The number of methoxy groups -OCH3 is 1. The second kappa shape index (κ2) is 9.68. The molecule has 1 atom stereocenters. The van der Waals surface area contributed by atoms with Gasteiger partial charge in [0.25, 0.3) is 0 Å². The number of thiophene rings is 1. The fourth-order valence-corrected chi connectivity index (χ4v) is 4.98. The van der Waals surface area contributed by atoms with Crippen molar-refractivity contribution in [1.82, 2.24) is 14.5 Å². The topological polar surface area (TPSA) is 98.5 Å². The maximum atomic E-state index is 14.7. The van der Waals surface area contributed by atoms with Crippen molar-refractivity contribution in [3.05, 3.63) is 53.0 Å². The maximum Gasteiger partial charge on any atom is 0.349 e. The molecule has 0 fully saturated rings. The Morgan fingerprint density at radius 2 is 2.12 bits per heavy atom. The number of benzene rings is 1. The summed E-state index contributed by atoms with van der Waals surface area (Å²) in [6.07, 6.45) is 1.42. The van der Waals surface area contributed by atoms with Crippen molar-refractivity contribution in [3.8, 4) is 22.1 Å². The average molecular weight is 485 g/mol. The first kappa shape index (κ1) is 23.5. The zero-order chi connectivity index (χ0) is 24.4. The smallest absolute Gasteiger partial charge is 0.349 e. The van der Waals surface area contributed by atoms with E-state index < -0.39 is 5.97 Å². The molecular weight excluding hydrogens is 459 g/mol. The van der Waals surface area contributed by atoms with E-state index in [1.54, 1.807) is 32.2 Å². The van der Waals surface area contributed by atoms with Crippen molar-refractivity contribution in [1.29, 1.82) is 0 Å². The summed E-state index contributed by atoms with van der Waals surface area (Å²) in [6, 6.07) is 8.27. The summed E-state index contributed by atoms with van der Waals surface area (Å²) in [4.78, 5) is 20.9. The third-order valence-corrected chi connectivity index (χ3v) is 6.62. The minimum atomic E-state index is -1.04. The van der Waals surface area contributed by atoms with Gasteiger partial charge in [-0.1, -0.05) is 6.07 Å². The lowest BCUT2D eigenvalue weighted by Crippen LogP contribution is -2.18. The van der Waals surface area contributed by atoms with Gasteiger partial charge in [-0.05, 0) is 32.9 Å². The van der Waals surface area contributed by atoms with Gasteiger partial charge in [0, 0.05) is 30.1 Å². The molecule has 0 amide bonds. The SMILES string of the molecule is CCOc1cc(-c2cc(NCC(C)n3c(C)c(OC)c4cccc(F)c43)ncn2)sc1C(=O)O. The van der Waals surface area contributed by atoms with Gasteiger partial charge < -0.3 is 24.5 Å². The van der Waals surface area contributed by atoms with Crippen LogP contribution in [0.1, 0.15) is 35.3 Å². The minimum Gasteiger partial charge on any atom is -0.494 e. The van der Waals surface area contributed by atoms with E-state index in [2.05, 4.69) is 15.3 Å². The Bertz CT molecular complexity index is 1350. The van der Waals surface area contributed by atoms with Crippen LogP contribution in [0.5, 0.6) is 11.5 Å². The third-order valence-electron chi connectivity index (χ3n) is 5.50. The fourth-order valence-electron chi connectivity index (χ4n) is 4.07. The molecule has 0 aliphatic heterocycles. The summed E-state index contributed by atoms with van der Waals surface area (Å²) in [7, 11) is 1.58. The monoisotopic (exact) mass is 484 g/mol. The molecule has 1 aromatic carbocycles. The molecule has 3 aromatic heterocycles. The second-order valence-electron chi connectivity index (χ2n) is 7.69. The molecule has 0 saturated heterocycles. The van der Waals surface area contributed by atoms with E-state index in [0.717, 1.165) is 22.4 Å². The quantitative estimate of drug-likeness (QED) is 0.329. The molecule has 0 radical (unpaired) electrons. The lowest BCUT2D eigenvalue weighted by molar-refractivity contribution is 0.0698. The van der Waals surface area contributed by atoms with E-state index in [9.17, 15) is 14.3 Å². The lowest BCUT2D eigenvalue weighted by atomic mass is 10.2. The Hall–Kier alpha value is -3.66. The summed E-state index contributed by atoms with van der Waals surface area (Å²) in [5, 5.41) is 13.5. The Balaban J connectivity index is 1.58. The van der Waals surface area contributed by atoms with E-state index in [-0.39, 0.29) is 16.7 Å². The Kier molecular flexibility index (Phi) is 6.69. The van der Waals surface area contributed by atoms with Crippen molar-refractivity contribution in [2.75, 3.05) is 25.6 Å². The van der Waals surface area contributed by atoms with Crippen LogP contribution in [-0.2, 0) is 0 Å². The van der Waals surface area contributed by atoms with Crippen LogP contribution in [0.25, 0.3) is 21.5 Å². The molecule has 8 nitrogen and oxygen atoms in total. The highest BCUT2D eigenvalue weighted by Crippen LogP contribution is 2.37. The average Bonchev–Trinajstić information content (AvgIpc) is 3.37. The number of para-hydroxylation sites is 1. The highest BCUT2D eigenvalue weighted by atomic mass is 32.1. The molecular formula is C24H25FN4O4S. The van der Waals surface area contributed by atoms with Gasteiger partial charge in [0.2, 0.25) is 0 Å². The number of rotatable bonds is 9. The molecule has 3 heterocycles. The number of nitrogens with one attached hydrogen (secondary N) is 1. The number of aromatic nitrogens is 3. The molecule has 4 rings (SSSR count). The Labute approximate surface area is 200 Å². The number of carboxylic acid groups (broad SMARTS) is 1. The molecule has 1 unspecified atom stereocenters. The van der Waals surface area contributed by atoms with E-state index in [1.165, 1.54) is 12.4 Å². The van der Waals surface area contributed by atoms with Crippen LogP contribution < -0.4 is 14.8 Å². The number of anilines is 1. The van der Waals surface area contributed by atoms with E-state index in [0.29, 0.717) is 46.6 Å². The summed E-state index contributed by atoms with van der Waals surface area (Å²) < 4.78 is 27.6. The van der Waals surface area contributed by atoms with E-state index in [4.69, 9.17) is 9.47 Å². The first-order valence-corrected chi connectivity index (χ1v) is 11.6. The zero-order valence-corrected chi connectivity index (χ0v) is 20.1. The molecule has 0 aliphatic carbocycles. The van der Waals surface area contributed by atoms with Crippen LogP contribution in [0.3, 0.4) is 0 Å². The second-order valence-corrected chi connectivity index (χ2v) is 8.74. The number of carbonyl (C=O) groups is 1. The van der Waals surface area contributed by atoms with Gasteiger partial charge in [0.05, 0.1) is 35.5 Å². The number of fused-ring (bicyclic) bond motifs is 1. The minimum absolute atomic E-state index is 0.119. The van der Waals surface area contributed by atoms with Gasteiger partial charge in [-0.2, -0.15) is 0 Å². The summed E-state index contributed by atoms with van der Waals surface area (Å²) in [6.45, 7) is 6.52. The first-order valence-electron chi connectivity index (χ1n) is 10.7. The largest absolute Gasteiger partial charge is 0.494 e. The summed E-state index contributed by atoms with van der Waals surface area (Å²) in [5.74, 6) is 0.196. The van der Waals surface area contributed by atoms with Crippen molar-refractivity contribution in [3.63, 3.8) is 0 Å². The normalized spacial score (nSPS) is 12.0. The maximum absolute atomic E-state index is 14.7. The number of ether oxygens (including phenoxy) is 2. The number of aromatic carboxylic acids is 1. The van der Waals surface area contributed by atoms with Crippen LogP contribution in [-0.4, -0.2) is 45.9 Å². The lowest BCUT2D eigenvalue weighted by Gasteiger charge is -2.19. The predicted molar refractivity (Wildman–Crippen MR) is 130 cm³/mol. The summed E-state index contributed by atoms with van der Waals surface area (Å²) >= 11 is 1.10. The van der Waals surface area contributed by atoms with Gasteiger partial charge in [0.1, 0.15) is 29.5 Å². The molecule has 0 bridgehead atoms. The fraction of sp³-hybridized carbons (Fsp3) is 0.292. The molecule has 0 saturated carbocycles. The Morgan fingerprint density at radius 3 is 2.82 bits per heavy atom. The van der Waals surface area contributed by atoms with Gasteiger partial charge in [-0.15, -0.1) is 11.3 Å². The molecule has 178 valence electrons. The van der Waals surface area contributed by atoms with E-state index >= 15 is 0 Å². The van der Waals surface area contributed by atoms with Crippen molar-refractivity contribution >= 4 is 34.0 Å². The predicted octanol–water partition coefficient (Wildman–Crippen LogP) is 5.39. The Morgan fingerprint density at radius 1 is 1.32 bits per heavy atom. The molecule has 4 aromatic rings. The van der Waals surface area contributed by atoms with Crippen molar-refractivity contribution in [2.24, 2.45) is 0 Å². The third kappa shape index (κ3) is 4.28. The van der Waals surface area contributed by atoms with Gasteiger partial charge >= 0.3 is 5.97 Å². The number of carboxylic acids is 1. The van der Waals surface area contributed by atoms with Gasteiger partial charge in [-0.3, -0.25) is 0 Å². The molecule has 10 heteroatoms. The molecule has 2 N–H and O–H groups in total. The standard InChI is InChI=1S/C24H25FN4O4S/c1-5-33-18-10-19(34-23(18)24(30)31)17-9-20(28-12-27-17)26-11-13(2)29-14(3)22(32-4)15-7-6-8-16(25)21(15)29/h6-10,12-13H,5,11H2,1-4H3,(H,30,31)(H,26,27,28).